The molecule has 0 radical (unpaired) electrons. The van der Waals surface area contributed by atoms with Crippen molar-refractivity contribution in [2.45, 2.75) is 30.9 Å². The fourth-order valence-electron chi connectivity index (χ4n) is 6.61. The van der Waals surface area contributed by atoms with Crippen molar-refractivity contribution in [1.29, 1.82) is 0 Å². The number of benzene rings is 4. The lowest BCUT2D eigenvalue weighted by atomic mass is 9.75. The molecule has 9 nitrogen and oxygen atoms in total. The van der Waals surface area contributed by atoms with Crippen molar-refractivity contribution in [3.8, 4) is 0 Å². The maximum Gasteiger partial charge on any atom is 0.321 e. The molecular formula is C34H37N4O5S+. The Morgan fingerprint density at radius 2 is 1.59 bits per heavy atom. The highest BCUT2D eigenvalue weighted by atomic mass is 32.2. The lowest BCUT2D eigenvalue weighted by molar-refractivity contribution is -0.127. The molecule has 1 saturated heterocycles. The Balaban J connectivity index is 1.33. The number of ether oxygens (including phenoxy) is 1. The van der Waals surface area contributed by atoms with Crippen LogP contribution in [0.15, 0.2) is 97.1 Å². The number of quaternary nitrogens is 1. The van der Waals surface area contributed by atoms with Gasteiger partial charge in [0.2, 0.25) is 0 Å². The summed E-state index contributed by atoms with van der Waals surface area (Å²) in [5, 5.41) is 7.87. The maximum atomic E-state index is 14.2. The average Bonchev–Trinajstić information content (AvgIpc) is 3.30. The largest absolute Gasteiger partial charge is 0.374 e. The van der Waals surface area contributed by atoms with Gasteiger partial charge >= 0.3 is 10.0 Å². The Bertz CT molecular complexity index is 1780. The smallest absolute Gasteiger partial charge is 0.321 e. The van der Waals surface area contributed by atoms with Gasteiger partial charge in [-0.25, -0.2) is 0 Å². The zero-order valence-corrected chi connectivity index (χ0v) is 25.5. The second-order valence-corrected chi connectivity index (χ2v) is 13.8. The molecule has 2 aliphatic heterocycles. The predicted molar refractivity (Wildman–Crippen MR) is 171 cm³/mol. The van der Waals surface area contributed by atoms with Crippen LogP contribution in [-0.4, -0.2) is 58.8 Å². The molecule has 3 N–H and O–H groups in total. The quantitative estimate of drug-likeness (QED) is 0.248. The number of para-hydroxylation sites is 1. The fraction of sp³-hybridized carbons (Fsp3) is 0.294. The molecule has 2 atom stereocenters. The highest BCUT2D eigenvalue weighted by Crippen LogP contribution is 2.50. The summed E-state index contributed by atoms with van der Waals surface area (Å²) in [6.07, 6.45) is 2.65. The molecule has 0 bridgehead atoms. The third-order valence-electron chi connectivity index (χ3n) is 8.86. The summed E-state index contributed by atoms with van der Waals surface area (Å²) in [6.45, 7) is 1.75. The van der Waals surface area contributed by atoms with Crippen LogP contribution in [0.5, 0.6) is 0 Å². The lowest BCUT2D eigenvalue weighted by Gasteiger charge is -2.36. The molecule has 2 heterocycles. The van der Waals surface area contributed by atoms with Crippen LogP contribution in [0, 0.1) is 0 Å². The summed E-state index contributed by atoms with van der Waals surface area (Å²) < 4.78 is 32.7. The first-order chi connectivity index (χ1) is 21.2. The Labute approximate surface area is 257 Å². The van der Waals surface area contributed by atoms with E-state index in [0.717, 1.165) is 54.1 Å². The minimum absolute atomic E-state index is 0.155. The molecule has 1 fully saturated rings. The molecular weight excluding hydrogens is 576 g/mol. The summed E-state index contributed by atoms with van der Waals surface area (Å²) in [5.41, 5.74) is 5.28. The maximum absolute atomic E-state index is 14.2. The molecule has 44 heavy (non-hydrogen) atoms. The van der Waals surface area contributed by atoms with Gasteiger partial charge in [-0.3, -0.25) is 9.59 Å². The summed E-state index contributed by atoms with van der Waals surface area (Å²) >= 11 is 0. The van der Waals surface area contributed by atoms with E-state index in [1.165, 1.54) is 0 Å². The molecule has 2 aliphatic rings. The fourth-order valence-corrected chi connectivity index (χ4v) is 7.87. The van der Waals surface area contributed by atoms with Crippen molar-refractivity contribution in [3.63, 3.8) is 0 Å². The molecule has 2 unspecified atom stereocenters. The van der Waals surface area contributed by atoms with E-state index >= 15 is 0 Å². The summed E-state index contributed by atoms with van der Waals surface area (Å²) in [5.74, 6) is -1.09. The number of fused-ring (bicyclic) bond motifs is 3. The molecule has 6 rings (SSSR count). The Hall–Kier alpha value is -4.09. The van der Waals surface area contributed by atoms with E-state index in [1.807, 2.05) is 72.8 Å². The van der Waals surface area contributed by atoms with Crippen LogP contribution in [0.25, 0.3) is 10.8 Å². The predicted octanol–water partition coefficient (Wildman–Crippen LogP) is 3.79. The number of nitrogens with zero attached hydrogens (tertiary/aromatic N) is 1. The highest BCUT2D eigenvalue weighted by molar-refractivity contribution is 7.90. The van der Waals surface area contributed by atoms with Crippen molar-refractivity contribution in [3.05, 3.63) is 114 Å². The minimum Gasteiger partial charge on any atom is -0.374 e. The molecule has 4 aromatic rings. The Kier molecular flexibility index (Phi) is 8.26. The van der Waals surface area contributed by atoms with Crippen molar-refractivity contribution < 1.29 is 22.7 Å². The second kappa shape index (κ2) is 12.1. The lowest BCUT2D eigenvalue weighted by Crippen LogP contribution is -2.68. The van der Waals surface area contributed by atoms with Gasteiger partial charge in [0.25, 0.3) is 11.8 Å². The van der Waals surface area contributed by atoms with Gasteiger partial charge in [0.05, 0.1) is 24.9 Å². The number of amides is 2. The van der Waals surface area contributed by atoms with Crippen LogP contribution in [0.1, 0.15) is 34.3 Å². The molecule has 0 saturated carbocycles. The van der Waals surface area contributed by atoms with Gasteiger partial charge in [-0.2, -0.15) is 13.8 Å². The van der Waals surface area contributed by atoms with E-state index in [2.05, 4.69) is 16.1 Å². The third kappa shape index (κ3) is 5.61. The topological polar surface area (TPSA) is 114 Å². The van der Waals surface area contributed by atoms with Crippen LogP contribution >= 0.6 is 0 Å². The van der Waals surface area contributed by atoms with Gasteiger partial charge in [0.1, 0.15) is 12.6 Å². The number of piperidine rings is 1. The van der Waals surface area contributed by atoms with Crippen molar-refractivity contribution in [2.24, 2.45) is 0 Å². The average molecular weight is 614 g/mol. The first-order valence-corrected chi connectivity index (χ1v) is 16.7. The van der Waals surface area contributed by atoms with Gasteiger partial charge in [0.15, 0.2) is 5.69 Å². The van der Waals surface area contributed by atoms with Crippen LogP contribution < -0.4 is 20.1 Å². The van der Waals surface area contributed by atoms with Gasteiger partial charge < -0.3 is 15.4 Å². The van der Waals surface area contributed by atoms with Crippen molar-refractivity contribution >= 4 is 38.3 Å². The summed E-state index contributed by atoms with van der Waals surface area (Å²) in [7, 11) is -3.92. The van der Waals surface area contributed by atoms with E-state index in [0.29, 0.717) is 11.3 Å². The number of nitrogens with one attached hydrogen (secondary N) is 3. The van der Waals surface area contributed by atoms with Crippen LogP contribution in [0.4, 0.5) is 5.69 Å². The van der Waals surface area contributed by atoms with E-state index in [1.54, 1.807) is 24.3 Å². The zero-order chi connectivity index (χ0) is 30.8. The summed E-state index contributed by atoms with van der Waals surface area (Å²) in [6, 6.07) is 28.8. The minimum atomic E-state index is -3.92. The highest BCUT2D eigenvalue weighted by Gasteiger charge is 2.60. The van der Waals surface area contributed by atoms with Crippen LogP contribution in [0.3, 0.4) is 0 Å². The zero-order valence-electron chi connectivity index (χ0n) is 24.7. The number of rotatable bonds is 9. The molecule has 2 amide bonds. The first-order valence-electron chi connectivity index (χ1n) is 14.8. The Morgan fingerprint density at radius 1 is 0.909 bits per heavy atom. The number of carbonyl (C=O) groups excluding carboxylic acids is 2. The molecule has 1 spiro atoms. The van der Waals surface area contributed by atoms with Crippen molar-refractivity contribution in [1.82, 2.24) is 20.1 Å². The van der Waals surface area contributed by atoms with E-state index in [4.69, 9.17) is 4.74 Å². The molecule has 10 heteroatoms. The third-order valence-corrected chi connectivity index (χ3v) is 10.4. The number of sulfonamides is 1. The van der Waals surface area contributed by atoms with Gasteiger partial charge in [-0.1, -0.05) is 88.9 Å². The number of carbonyl (C=O) groups is 2. The van der Waals surface area contributed by atoms with Gasteiger partial charge in [-0.15, -0.1) is 0 Å². The first kappa shape index (κ1) is 30.0. The monoisotopic (exact) mass is 613 g/mol. The normalized spacial score (nSPS) is 19.8. The number of hydrogen-bond acceptors (Lipinski definition) is 6. The van der Waals surface area contributed by atoms with E-state index in [9.17, 15) is 18.0 Å². The molecule has 0 aliphatic carbocycles. The molecule has 4 aromatic carbocycles. The SMILES string of the molecule is CS(=O)(=O)[N+]1(NC(=O)C(COCc2ccccc2)NC(=O)c2cccc3ccccc23)CC2(CCNCC2)c2ccccc21. The molecule has 228 valence electrons. The van der Waals surface area contributed by atoms with E-state index < -0.39 is 37.3 Å². The van der Waals surface area contributed by atoms with Gasteiger partial charge in [-0.05, 0) is 48.3 Å². The number of hydrogen-bond donors (Lipinski definition) is 3. The molecule has 0 aromatic heterocycles. The van der Waals surface area contributed by atoms with Crippen molar-refractivity contribution in [2.75, 3.05) is 32.5 Å². The second-order valence-electron chi connectivity index (χ2n) is 11.7. The van der Waals surface area contributed by atoms with Crippen LogP contribution in [-0.2, 0) is 31.6 Å². The standard InChI is InChI=1S/C34H36N4O5S/c1-44(41,42)38(24-34(18-20-35-21-19-34)29-16-7-8-17-31(29)38)37-33(40)30(23-43-22-25-10-3-2-4-11-25)36-32(39)28-15-9-13-26-12-5-6-14-27(26)28/h2-17,30,35H,18-24H2,1H3,(H-,36,37,39,40)/p+1. The summed E-state index contributed by atoms with van der Waals surface area (Å²) in [4.78, 5) is 27.9. The van der Waals surface area contributed by atoms with Crippen LogP contribution in [0.2, 0.25) is 0 Å². The van der Waals surface area contributed by atoms with E-state index in [-0.39, 0.29) is 19.8 Å². The van der Waals surface area contributed by atoms with Gasteiger partial charge in [0, 0.05) is 17.2 Å². The Morgan fingerprint density at radius 3 is 2.36 bits per heavy atom.